The predicted molar refractivity (Wildman–Crippen MR) is 111 cm³/mol. The van der Waals surface area contributed by atoms with Crippen molar-refractivity contribution in [3.8, 4) is 5.13 Å². The molecule has 0 aliphatic carbocycles. The van der Waals surface area contributed by atoms with Crippen molar-refractivity contribution in [1.29, 1.82) is 0 Å². The molecular formula is C18H19ClFN5O3S. The Morgan fingerprint density at radius 1 is 1.41 bits per heavy atom. The highest BCUT2D eigenvalue weighted by molar-refractivity contribution is 7.12. The number of aromatic carboxylic acids is 1. The summed E-state index contributed by atoms with van der Waals surface area (Å²) in [6, 6.07) is 1.37. The quantitative estimate of drug-likeness (QED) is 0.666. The fourth-order valence-electron chi connectivity index (χ4n) is 3.42. The van der Waals surface area contributed by atoms with Crippen molar-refractivity contribution in [1.82, 2.24) is 19.4 Å². The van der Waals surface area contributed by atoms with E-state index in [0.29, 0.717) is 18.2 Å². The average molecular weight is 440 g/mol. The van der Waals surface area contributed by atoms with E-state index < -0.39 is 22.8 Å². The molecule has 0 spiro atoms. The summed E-state index contributed by atoms with van der Waals surface area (Å²) in [6.45, 7) is 1.27. The van der Waals surface area contributed by atoms with Gasteiger partial charge in [0.15, 0.2) is 22.4 Å². The summed E-state index contributed by atoms with van der Waals surface area (Å²) in [5, 5.41) is 11.5. The third-order valence-electron chi connectivity index (χ3n) is 4.96. The second kappa shape index (κ2) is 8.05. The molecule has 0 radical (unpaired) electrons. The molecule has 1 aliphatic rings. The van der Waals surface area contributed by atoms with E-state index in [9.17, 15) is 19.1 Å². The minimum absolute atomic E-state index is 0. The van der Waals surface area contributed by atoms with E-state index in [1.807, 2.05) is 19.0 Å². The maximum Gasteiger partial charge on any atom is 0.341 e. The molecule has 8 nitrogen and oxygen atoms in total. The van der Waals surface area contributed by atoms with E-state index in [4.69, 9.17) is 0 Å². The predicted octanol–water partition coefficient (Wildman–Crippen LogP) is 2.24. The summed E-state index contributed by atoms with van der Waals surface area (Å²) < 4.78 is 16.3. The SMILES string of the molecule is CN(C)C1CCN(c2nc3c(cc2F)c(=O)c(C(=O)O)cn3-c2nccs2)C1.Cl. The van der Waals surface area contributed by atoms with Crippen molar-refractivity contribution in [2.24, 2.45) is 0 Å². The summed E-state index contributed by atoms with van der Waals surface area (Å²) >= 11 is 1.27. The smallest absolute Gasteiger partial charge is 0.341 e. The molecule has 3 aromatic rings. The molecule has 0 bridgehead atoms. The molecular weight excluding hydrogens is 421 g/mol. The molecule has 3 aromatic heterocycles. The maximum atomic E-state index is 14.9. The fraction of sp³-hybridized carbons (Fsp3) is 0.333. The van der Waals surface area contributed by atoms with Crippen LogP contribution in [0.2, 0.25) is 0 Å². The van der Waals surface area contributed by atoms with E-state index in [1.165, 1.54) is 22.1 Å². The first-order valence-corrected chi connectivity index (χ1v) is 9.55. The number of hydrogen-bond acceptors (Lipinski definition) is 7. The van der Waals surface area contributed by atoms with Crippen LogP contribution in [0.5, 0.6) is 0 Å². The van der Waals surface area contributed by atoms with Crippen molar-refractivity contribution in [3.63, 3.8) is 0 Å². The van der Waals surface area contributed by atoms with Gasteiger partial charge in [-0.1, -0.05) is 0 Å². The van der Waals surface area contributed by atoms with Crippen LogP contribution in [-0.2, 0) is 0 Å². The molecule has 1 fully saturated rings. The van der Waals surface area contributed by atoms with Crippen LogP contribution in [0.4, 0.5) is 10.2 Å². The van der Waals surface area contributed by atoms with Crippen molar-refractivity contribution in [2.45, 2.75) is 12.5 Å². The summed E-state index contributed by atoms with van der Waals surface area (Å²) in [5.41, 5.74) is -1.03. The van der Waals surface area contributed by atoms with Gasteiger partial charge in [-0.2, -0.15) is 0 Å². The Morgan fingerprint density at radius 2 is 2.17 bits per heavy atom. The van der Waals surface area contributed by atoms with Gasteiger partial charge in [0.2, 0.25) is 5.43 Å². The largest absolute Gasteiger partial charge is 0.477 e. The van der Waals surface area contributed by atoms with E-state index in [1.54, 1.807) is 11.6 Å². The summed E-state index contributed by atoms with van der Waals surface area (Å²) in [7, 11) is 3.96. The molecule has 4 heterocycles. The van der Waals surface area contributed by atoms with Crippen molar-refractivity contribution in [3.05, 3.63) is 45.4 Å². The normalized spacial score (nSPS) is 16.4. The molecule has 1 saturated heterocycles. The minimum Gasteiger partial charge on any atom is -0.477 e. The van der Waals surface area contributed by atoms with Gasteiger partial charge < -0.3 is 14.9 Å². The Labute approximate surface area is 175 Å². The van der Waals surface area contributed by atoms with Crippen LogP contribution in [0.1, 0.15) is 16.8 Å². The number of carboxylic acid groups (broad SMARTS) is 1. The summed E-state index contributed by atoms with van der Waals surface area (Å²) in [5.74, 6) is -1.86. The zero-order valence-electron chi connectivity index (χ0n) is 15.7. The molecule has 1 unspecified atom stereocenters. The van der Waals surface area contributed by atoms with Gasteiger partial charge in [-0.05, 0) is 26.6 Å². The lowest BCUT2D eigenvalue weighted by molar-refractivity contribution is 0.0695. The second-order valence-corrected chi connectivity index (χ2v) is 7.75. The summed E-state index contributed by atoms with van der Waals surface area (Å²) in [6.07, 6.45) is 3.65. The molecule has 0 aromatic carbocycles. The highest BCUT2D eigenvalue weighted by Gasteiger charge is 2.28. The lowest BCUT2D eigenvalue weighted by atomic mass is 10.2. The van der Waals surface area contributed by atoms with Gasteiger partial charge in [0.1, 0.15) is 5.56 Å². The van der Waals surface area contributed by atoms with Crippen LogP contribution in [0.15, 0.2) is 28.6 Å². The maximum absolute atomic E-state index is 14.9. The zero-order chi connectivity index (χ0) is 20.0. The molecule has 0 amide bonds. The molecule has 0 saturated carbocycles. The van der Waals surface area contributed by atoms with Gasteiger partial charge in [-0.25, -0.2) is 19.2 Å². The standard InChI is InChI=1S/C18H18FN5O3S.ClH/c1-22(2)10-3-5-23(8-10)16-13(19)7-11-14(25)12(17(26)27)9-24(15(11)21-16)18-20-4-6-28-18;/h4,6-7,9-10H,3,5,8H2,1-2H3,(H,26,27);1H. The first kappa shape index (κ1) is 21.2. The number of pyridine rings is 2. The fourth-order valence-corrected chi connectivity index (χ4v) is 4.04. The second-order valence-electron chi connectivity index (χ2n) is 6.88. The van der Waals surface area contributed by atoms with Crippen LogP contribution in [0, 0.1) is 5.82 Å². The Morgan fingerprint density at radius 3 is 2.76 bits per heavy atom. The van der Waals surface area contributed by atoms with Crippen LogP contribution in [0.3, 0.4) is 0 Å². The third-order valence-corrected chi connectivity index (χ3v) is 5.73. The number of thiazole rings is 1. The lowest BCUT2D eigenvalue weighted by Crippen LogP contribution is -2.32. The highest BCUT2D eigenvalue weighted by Crippen LogP contribution is 2.27. The number of carboxylic acids is 1. The van der Waals surface area contributed by atoms with Crippen LogP contribution < -0.4 is 10.3 Å². The van der Waals surface area contributed by atoms with Gasteiger partial charge in [-0.15, -0.1) is 23.7 Å². The molecule has 4 rings (SSSR count). The molecule has 11 heteroatoms. The number of aromatic nitrogens is 3. The van der Waals surface area contributed by atoms with Gasteiger partial charge in [-0.3, -0.25) is 9.36 Å². The third kappa shape index (κ3) is 3.70. The Bertz CT molecular complexity index is 1120. The van der Waals surface area contributed by atoms with E-state index in [-0.39, 0.29) is 35.3 Å². The Hall–Kier alpha value is -2.56. The van der Waals surface area contributed by atoms with Gasteiger partial charge >= 0.3 is 5.97 Å². The lowest BCUT2D eigenvalue weighted by Gasteiger charge is -2.22. The minimum atomic E-state index is -1.38. The van der Waals surface area contributed by atoms with Gasteiger partial charge in [0.05, 0.1) is 5.39 Å². The number of hydrogen-bond donors (Lipinski definition) is 1. The van der Waals surface area contributed by atoms with Crippen LogP contribution in [-0.4, -0.2) is 63.7 Å². The number of anilines is 1. The number of likely N-dealkylation sites (N-methyl/N-ethyl adjacent to an activating group) is 1. The number of nitrogens with zero attached hydrogens (tertiary/aromatic N) is 5. The van der Waals surface area contributed by atoms with Gasteiger partial charge in [0, 0.05) is 36.9 Å². The monoisotopic (exact) mass is 439 g/mol. The average Bonchev–Trinajstić information content (AvgIpc) is 3.33. The number of fused-ring (bicyclic) bond motifs is 1. The molecule has 1 aliphatic heterocycles. The van der Waals surface area contributed by atoms with E-state index in [2.05, 4.69) is 14.9 Å². The first-order valence-electron chi connectivity index (χ1n) is 8.67. The Kier molecular flexibility index (Phi) is 5.87. The molecule has 29 heavy (non-hydrogen) atoms. The molecule has 1 N–H and O–H groups in total. The van der Waals surface area contributed by atoms with Crippen LogP contribution in [0.25, 0.3) is 16.2 Å². The molecule has 1 atom stereocenters. The Balaban J connectivity index is 0.00000240. The van der Waals surface area contributed by atoms with Crippen molar-refractivity contribution < 1.29 is 14.3 Å². The van der Waals surface area contributed by atoms with Gasteiger partial charge in [0.25, 0.3) is 0 Å². The molecule has 154 valence electrons. The van der Waals surface area contributed by atoms with E-state index in [0.717, 1.165) is 12.5 Å². The van der Waals surface area contributed by atoms with Crippen molar-refractivity contribution >= 4 is 46.6 Å². The zero-order valence-corrected chi connectivity index (χ0v) is 17.3. The van der Waals surface area contributed by atoms with Crippen LogP contribution >= 0.6 is 23.7 Å². The first-order chi connectivity index (χ1) is 13.4. The highest BCUT2D eigenvalue weighted by atomic mass is 35.5. The number of carbonyl (C=O) groups is 1. The number of rotatable bonds is 4. The van der Waals surface area contributed by atoms with Crippen molar-refractivity contribution in [2.75, 3.05) is 32.1 Å². The topological polar surface area (TPSA) is 91.6 Å². The number of halogens is 2. The summed E-state index contributed by atoms with van der Waals surface area (Å²) in [4.78, 5) is 36.6. The van der Waals surface area contributed by atoms with E-state index >= 15 is 0 Å².